The predicted molar refractivity (Wildman–Crippen MR) is 76.5 cm³/mol. The summed E-state index contributed by atoms with van der Waals surface area (Å²) in [5.74, 6) is -0.504. The SMILES string of the molecule is O=C(Nc1cc(Cl)c(Cl)cc1Cl)c1cncc(Cl)n1. The number of nitrogens with zero attached hydrogens (tertiary/aromatic N) is 2. The van der Waals surface area contributed by atoms with Crippen molar-refractivity contribution < 1.29 is 4.79 Å². The Kier molecular flexibility index (Phi) is 4.47. The molecule has 0 aliphatic heterocycles. The van der Waals surface area contributed by atoms with Crippen LogP contribution in [0.2, 0.25) is 20.2 Å². The zero-order valence-electron chi connectivity index (χ0n) is 9.12. The Morgan fingerprint density at radius 2 is 1.68 bits per heavy atom. The van der Waals surface area contributed by atoms with E-state index in [-0.39, 0.29) is 20.9 Å². The van der Waals surface area contributed by atoms with Gasteiger partial charge in [0.25, 0.3) is 5.91 Å². The molecule has 0 aliphatic carbocycles. The molecule has 0 fully saturated rings. The van der Waals surface area contributed by atoms with Gasteiger partial charge in [0, 0.05) is 0 Å². The van der Waals surface area contributed by atoms with Crippen molar-refractivity contribution in [1.82, 2.24) is 9.97 Å². The Morgan fingerprint density at radius 3 is 2.37 bits per heavy atom. The van der Waals surface area contributed by atoms with E-state index in [1.54, 1.807) is 0 Å². The van der Waals surface area contributed by atoms with Gasteiger partial charge >= 0.3 is 0 Å². The number of aromatic nitrogens is 2. The van der Waals surface area contributed by atoms with E-state index >= 15 is 0 Å². The number of amides is 1. The lowest BCUT2D eigenvalue weighted by Crippen LogP contribution is -2.14. The highest BCUT2D eigenvalue weighted by Crippen LogP contribution is 2.32. The van der Waals surface area contributed by atoms with Gasteiger partial charge in [-0.15, -0.1) is 0 Å². The Hall–Kier alpha value is -1.07. The Balaban J connectivity index is 2.27. The molecular weight excluding hydrogens is 332 g/mol. The van der Waals surface area contributed by atoms with Crippen molar-refractivity contribution in [3.05, 3.63) is 50.4 Å². The number of hydrogen-bond acceptors (Lipinski definition) is 3. The molecule has 0 unspecified atom stereocenters. The third-order valence-corrected chi connectivity index (χ3v) is 3.31. The maximum absolute atomic E-state index is 11.9. The van der Waals surface area contributed by atoms with Crippen LogP contribution >= 0.6 is 46.4 Å². The smallest absolute Gasteiger partial charge is 0.275 e. The molecular formula is C11H5Cl4N3O. The first-order valence-corrected chi connectivity index (χ1v) is 6.42. The number of rotatable bonds is 2. The zero-order chi connectivity index (χ0) is 14.0. The third kappa shape index (κ3) is 3.48. The van der Waals surface area contributed by atoms with Crippen molar-refractivity contribution in [3.63, 3.8) is 0 Å². The van der Waals surface area contributed by atoms with Gasteiger partial charge in [0.15, 0.2) is 0 Å². The fraction of sp³-hybridized carbons (Fsp3) is 0. The molecule has 1 aromatic carbocycles. The highest BCUT2D eigenvalue weighted by atomic mass is 35.5. The monoisotopic (exact) mass is 335 g/mol. The summed E-state index contributed by atoms with van der Waals surface area (Å²) in [6, 6.07) is 2.88. The first-order chi connectivity index (χ1) is 8.97. The Bertz CT molecular complexity index is 648. The van der Waals surface area contributed by atoms with E-state index in [2.05, 4.69) is 15.3 Å². The van der Waals surface area contributed by atoms with Gasteiger partial charge in [-0.25, -0.2) is 4.98 Å². The van der Waals surface area contributed by atoms with Crippen LogP contribution in [-0.2, 0) is 0 Å². The molecule has 0 aliphatic rings. The minimum Gasteiger partial charge on any atom is -0.319 e. The number of halogens is 4. The van der Waals surface area contributed by atoms with Crippen LogP contribution in [0.4, 0.5) is 5.69 Å². The molecule has 0 saturated carbocycles. The molecule has 1 amide bonds. The van der Waals surface area contributed by atoms with E-state index in [0.717, 1.165) is 0 Å². The van der Waals surface area contributed by atoms with Crippen LogP contribution in [-0.4, -0.2) is 15.9 Å². The normalized spacial score (nSPS) is 10.3. The summed E-state index contributed by atoms with van der Waals surface area (Å²) < 4.78 is 0. The highest BCUT2D eigenvalue weighted by molar-refractivity contribution is 6.44. The van der Waals surface area contributed by atoms with E-state index in [1.165, 1.54) is 24.5 Å². The minimum atomic E-state index is -0.504. The summed E-state index contributed by atoms with van der Waals surface area (Å²) in [6.45, 7) is 0. The molecule has 19 heavy (non-hydrogen) atoms. The van der Waals surface area contributed by atoms with Crippen molar-refractivity contribution in [3.8, 4) is 0 Å². The molecule has 0 atom stereocenters. The predicted octanol–water partition coefficient (Wildman–Crippen LogP) is 4.34. The maximum Gasteiger partial charge on any atom is 0.275 e. The lowest BCUT2D eigenvalue weighted by molar-refractivity contribution is 0.102. The standard InChI is InChI=1S/C11H5Cl4N3O/c12-5-1-7(14)8(2-6(5)13)18-11(19)9-3-16-4-10(15)17-9/h1-4H,(H,18,19). The lowest BCUT2D eigenvalue weighted by atomic mass is 10.3. The fourth-order valence-corrected chi connectivity index (χ4v) is 2.00. The zero-order valence-corrected chi connectivity index (χ0v) is 12.1. The molecule has 1 N–H and O–H groups in total. The number of hydrogen-bond donors (Lipinski definition) is 1. The van der Waals surface area contributed by atoms with Crippen LogP contribution in [0.5, 0.6) is 0 Å². The first-order valence-electron chi connectivity index (χ1n) is 4.91. The van der Waals surface area contributed by atoms with Crippen molar-refractivity contribution in [2.75, 3.05) is 5.32 Å². The number of carbonyl (C=O) groups is 1. The van der Waals surface area contributed by atoms with Crippen LogP contribution in [0.25, 0.3) is 0 Å². The van der Waals surface area contributed by atoms with Crippen LogP contribution in [0.1, 0.15) is 10.5 Å². The van der Waals surface area contributed by atoms with Gasteiger partial charge in [0.1, 0.15) is 10.8 Å². The Labute approximate surface area is 128 Å². The maximum atomic E-state index is 11.9. The molecule has 2 aromatic rings. The average molecular weight is 337 g/mol. The quantitative estimate of drug-likeness (QED) is 0.830. The van der Waals surface area contributed by atoms with E-state index in [1.807, 2.05) is 0 Å². The van der Waals surface area contributed by atoms with E-state index in [9.17, 15) is 4.79 Å². The Morgan fingerprint density at radius 1 is 1.00 bits per heavy atom. The second kappa shape index (κ2) is 5.92. The van der Waals surface area contributed by atoms with E-state index in [0.29, 0.717) is 10.7 Å². The molecule has 0 spiro atoms. The number of benzene rings is 1. The number of anilines is 1. The second-order valence-corrected chi connectivity index (χ2v) is 5.04. The molecule has 0 saturated heterocycles. The van der Waals surface area contributed by atoms with Crippen molar-refractivity contribution in [1.29, 1.82) is 0 Å². The van der Waals surface area contributed by atoms with Gasteiger partial charge in [-0.05, 0) is 12.1 Å². The minimum absolute atomic E-state index is 0.0645. The summed E-state index contributed by atoms with van der Waals surface area (Å²) in [6.07, 6.45) is 2.61. The summed E-state index contributed by atoms with van der Waals surface area (Å²) in [5, 5.41) is 3.50. The van der Waals surface area contributed by atoms with Gasteiger partial charge in [0.05, 0.1) is 33.1 Å². The summed E-state index contributed by atoms with van der Waals surface area (Å²) in [5.41, 5.74) is 0.387. The van der Waals surface area contributed by atoms with Gasteiger partial charge in [-0.3, -0.25) is 9.78 Å². The molecule has 4 nitrogen and oxygen atoms in total. The van der Waals surface area contributed by atoms with Crippen LogP contribution in [0, 0.1) is 0 Å². The van der Waals surface area contributed by atoms with Crippen LogP contribution in [0.3, 0.4) is 0 Å². The highest BCUT2D eigenvalue weighted by Gasteiger charge is 2.12. The summed E-state index contributed by atoms with van der Waals surface area (Å²) >= 11 is 23.2. The van der Waals surface area contributed by atoms with Crippen molar-refractivity contribution in [2.24, 2.45) is 0 Å². The molecule has 1 heterocycles. The van der Waals surface area contributed by atoms with Crippen LogP contribution < -0.4 is 5.32 Å². The molecule has 8 heteroatoms. The van der Waals surface area contributed by atoms with Gasteiger partial charge < -0.3 is 5.32 Å². The lowest BCUT2D eigenvalue weighted by Gasteiger charge is -2.08. The fourth-order valence-electron chi connectivity index (χ4n) is 1.26. The average Bonchev–Trinajstić information content (AvgIpc) is 2.36. The van der Waals surface area contributed by atoms with Crippen LogP contribution in [0.15, 0.2) is 24.5 Å². The van der Waals surface area contributed by atoms with Gasteiger partial charge in [-0.2, -0.15) is 0 Å². The summed E-state index contributed by atoms with van der Waals surface area (Å²) in [7, 11) is 0. The van der Waals surface area contributed by atoms with E-state index < -0.39 is 5.91 Å². The van der Waals surface area contributed by atoms with Gasteiger partial charge in [0.2, 0.25) is 0 Å². The number of carbonyl (C=O) groups excluding carboxylic acids is 1. The van der Waals surface area contributed by atoms with Gasteiger partial charge in [-0.1, -0.05) is 46.4 Å². The van der Waals surface area contributed by atoms with Crippen molar-refractivity contribution in [2.45, 2.75) is 0 Å². The largest absolute Gasteiger partial charge is 0.319 e. The second-order valence-electron chi connectivity index (χ2n) is 3.43. The number of nitrogens with one attached hydrogen (secondary N) is 1. The molecule has 0 radical (unpaired) electrons. The molecule has 98 valence electrons. The first kappa shape index (κ1) is 14.3. The molecule has 0 bridgehead atoms. The van der Waals surface area contributed by atoms with E-state index in [4.69, 9.17) is 46.4 Å². The van der Waals surface area contributed by atoms with Crippen molar-refractivity contribution >= 4 is 58.0 Å². The summed E-state index contributed by atoms with van der Waals surface area (Å²) in [4.78, 5) is 19.5. The topological polar surface area (TPSA) is 54.9 Å². The third-order valence-electron chi connectivity index (χ3n) is 2.10. The molecule has 2 rings (SSSR count). The molecule has 1 aromatic heterocycles.